The van der Waals surface area contributed by atoms with Crippen molar-refractivity contribution < 1.29 is 119 Å². The quantitative estimate of drug-likeness (QED) is 0.0832. The van der Waals surface area contributed by atoms with Crippen LogP contribution < -0.4 is 0 Å². The number of aliphatic hydroxyl groups is 14. The Hall–Kier alpha value is -1.22. The Labute approximate surface area is 434 Å². The lowest BCUT2D eigenvalue weighted by atomic mass is 9.46. The first-order chi connectivity index (χ1) is 35.5. The van der Waals surface area contributed by atoms with Crippen molar-refractivity contribution in [2.75, 3.05) is 33.0 Å². The van der Waals surface area contributed by atoms with E-state index in [0.29, 0.717) is 32.1 Å². The molecule has 14 N–H and O–H groups in total. The second-order valence-electron chi connectivity index (χ2n) is 24.0. The summed E-state index contributed by atoms with van der Waals surface area (Å²) >= 11 is 0. The highest BCUT2D eigenvalue weighted by Gasteiger charge is 2.76. The fourth-order valence-electron chi connectivity index (χ4n) is 15.3. The van der Waals surface area contributed by atoms with Gasteiger partial charge in [0.15, 0.2) is 30.9 Å². The van der Waals surface area contributed by atoms with E-state index in [9.17, 15) is 71.5 Å². The van der Waals surface area contributed by atoms with E-state index < -0.39 is 172 Å². The van der Waals surface area contributed by atoms with Gasteiger partial charge in [0.1, 0.15) is 97.2 Å². The zero-order chi connectivity index (χ0) is 53.8. The van der Waals surface area contributed by atoms with Crippen molar-refractivity contribution in [2.45, 2.75) is 232 Å². The van der Waals surface area contributed by atoms with Crippen LogP contribution in [0.3, 0.4) is 0 Å². The molecule has 3 saturated carbocycles. The molecule has 9 fully saturated rings. The molecule has 0 aromatic heterocycles. The predicted octanol–water partition coefficient (Wildman–Crippen LogP) is -3.87. The van der Waals surface area contributed by atoms with Crippen molar-refractivity contribution in [2.24, 2.45) is 40.4 Å². The van der Waals surface area contributed by atoms with Crippen LogP contribution in [0.1, 0.15) is 85.5 Å². The van der Waals surface area contributed by atoms with Crippen molar-refractivity contribution in [3.63, 3.8) is 0 Å². The molecule has 75 heavy (non-hydrogen) atoms. The van der Waals surface area contributed by atoms with Gasteiger partial charge in [-0.1, -0.05) is 32.4 Å². The molecule has 0 amide bonds. The normalized spacial score (nSPS) is 56.9. The molecule has 1 unspecified atom stereocenters. The zero-order valence-corrected chi connectivity index (χ0v) is 42.9. The first-order valence-electron chi connectivity index (χ1n) is 27.1. The number of hydrogen-bond donors (Lipinski definition) is 14. The van der Waals surface area contributed by atoms with E-state index >= 15 is 0 Å². The summed E-state index contributed by atoms with van der Waals surface area (Å²) in [4.78, 5) is 0. The van der Waals surface area contributed by atoms with E-state index in [2.05, 4.69) is 19.9 Å². The first kappa shape index (κ1) is 57.0. The summed E-state index contributed by atoms with van der Waals surface area (Å²) in [5.41, 5.74) is -0.648. The van der Waals surface area contributed by atoms with Gasteiger partial charge in [-0.25, -0.2) is 0 Å². The Kier molecular flexibility index (Phi) is 16.4. The van der Waals surface area contributed by atoms with E-state index in [1.54, 1.807) is 0 Å². The molecule has 6 aliphatic heterocycles. The fraction of sp³-hybridized carbons (Fsp3) is 0.961. The van der Waals surface area contributed by atoms with Gasteiger partial charge in [-0.15, -0.1) is 0 Å². The van der Waals surface area contributed by atoms with Gasteiger partial charge in [-0.3, -0.25) is 0 Å². The number of aliphatic hydroxyl groups excluding tert-OH is 13. The number of hydrogen-bond acceptors (Lipinski definition) is 24. The molecule has 24 heteroatoms. The topological polar surface area (TPSA) is 376 Å². The summed E-state index contributed by atoms with van der Waals surface area (Å²) in [7, 11) is 0. The maximum atomic E-state index is 13.1. The molecule has 4 aliphatic carbocycles. The summed E-state index contributed by atoms with van der Waals surface area (Å²) in [6, 6.07) is 0. The van der Waals surface area contributed by atoms with Crippen molar-refractivity contribution in [3.05, 3.63) is 11.6 Å². The zero-order valence-electron chi connectivity index (χ0n) is 42.9. The number of allylic oxidation sites excluding steroid dienone is 1. The maximum absolute atomic E-state index is 13.1. The molecule has 0 radical (unpaired) electrons. The summed E-state index contributed by atoms with van der Waals surface area (Å²) in [6.07, 6.45) is -22.6. The second kappa shape index (κ2) is 21.6. The third-order valence-corrected chi connectivity index (χ3v) is 20.1. The third kappa shape index (κ3) is 9.51. The fourth-order valence-corrected chi connectivity index (χ4v) is 15.3. The lowest BCUT2D eigenvalue weighted by molar-refractivity contribution is -0.375. The van der Waals surface area contributed by atoms with Crippen LogP contribution in [0.25, 0.3) is 0 Å². The lowest BCUT2D eigenvalue weighted by Crippen LogP contribution is -2.65. The van der Waals surface area contributed by atoms with Gasteiger partial charge < -0.3 is 119 Å². The molecule has 0 aromatic carbocycles. The van der Waals surface area contributed by atoms with Crippen LogP contribution in [0.4, 0.5) is 0 Å². The molecule has 24 nitrogen and oxygen atoms in total. The molecule has 10 rings (SSSR count). The molecular formula is C51H82O24. The van der Waals surface area contributed by atoms with Gasteiger partial charge in [0.25, 0.3) is 0 Å². The Morgan fingerprint density at radius 1 is 0.600 bits per heavy atom. The number of rotatable bonds is 12. The van der Waals surface area contributed by atoms with Crippen LogP contribution >= 0.6 is 0 Å². The van der Waals surface area contributed by atoms with E-state index in [4.69, 9.17) is 47.4 Å². The van der Waals surface area contributed by atoms with E-state index in [1.165, 1.54) is 12.5 Å². The first-order valence-corrected chi connectivity index (χ1v) is 27.1. The van der Waals surface area contributed by atoms with Gasteiger partial charge in [0.05, 0.1) is 51.3 Å². The van der Waals surface area contributed by atoms with Crippen LogP contribution in [0.15, 0.2) is 11.6 Å². The highest BCUT2D eigenvalue weighted by Crippen LogP contribution is 2.72. The molecule has 10 aliphatic rings. The monoisotopic (exact) mass is 1080 g/mol. The lowest BCUT2D eigenvalue weighted by Gasteiger charge is -2.60. The Morgan fingerprint density at radius 2 is 1.20 bits per heavy atom. The van der Waals surface area contributed by atoms with Crippen LogP contribution in [0.5, 0.6) is 0 Å². The van der Waals surface area contributed by atoms with Gasteiger partial charge >= 0.3 is 0 Å². The average Bonchev–Trinajstić information content (AvgIpc) is 3.85. The summed E-state index contributed by atoms with van der Waals surface area (Å²) in [5, 5.41) is 149. The minimum Gasteiger partial charge on any atom is -0.394 e. The molecule has 0 bridgehead atoms. The number of fused-ring (bicyclic) bond motifs is 7. The van der Waals surface area contributed by atoms with Crippen LogP contribution in [-0.2, 0) is 47.4 Å². The smallest absolute Gasteiger partial charge is 0.187 e. The van der Waals surface area contributed by atoms with Crippen LogP contribution in [0, 0.1) is 40.4 Å². The van der Waals surface area contributed by atoms with Crippen molar-refractivity contribution in [3.8, 4) is 0 Å². The third-order valence-electron chi connectivity index (χ3n) is 20.1. The van der Waals surface area contributed by atoms with E-state index in [-0.39, 0.29) is 48.2 Å². The minimum absolute atomic E-state index is 0.105. The van der Waals surface area contributed by atoms with E-state index in [1.807, 2.05) is 6.92 Å². The summed E-state index contributed by atoms with van der Waals surface area (Å²) in [5.74, 6) is -0.765. The minimum atomic E-state index is -1.76. The molecule has 6 saturated heterocycles. The standard InChI is InChI=1S/C51H82O24/c1-20-32(54)36(58)42(64)46(69-20)74-43-39(61)35(57)30(19-67-45-41(63)38(60)34(56)29(16-53)72-45)73-47(43)70-24-8-10-48(3)23(13-24)5-6-25-26(48)9-11-49(4)27(25)14-31-51(49,65)21(2)50(75-31)12-7-22(18-68-50)17-66-44-40(62)37(59)33(55)28(15-52)71-44/h5,20-22,24-47,52-65H,6-19H2,1-4H3/t20-,21+,22?,24-,25+,26-,27-,28+,29+,30+,31-,32-,33+,34+,35+,36+,37-,38-,39-,40+,41+,42+,43+,44+,45+,46-,47+,48-,49-,50+,51+/m0/s1. The molecule has 6 heterocycles. The van der Waals surface area contributed by atoms with Gasteiger partial charge in [0.2, 0.25) is 0 Å². The SMILES string of the molecule is C[C@@H]1O[C@@H](O[C@H]2[C@H](O[C@H]3CC[C@@]4(C)C(=CC[C@@H]5[C@@H]4CC[C@@]4(C)[C@H]5C[C@@H]5O[C@]6(CCC(CO[C@@H]7O[C@H](CO)[C@@H](O)[C@H](O)[C@H]7O)CO6)[C@@H](C)[C@@]54O)C3)O[C@H](CO[C@@H]3O[C@H](CO)[C@@H](O)[C@H](O)[C@H]3O)[C@@H](O)[C@@H]2O)[C@H](O)[C@H](O)[C@H]1O. The van der Waals surface area contributed by atoms with Crippen LogP contribution in [0.2, 0.25) is 0 Å². The summed E-state index contributed by atoms with van der Waals surface area (Å²) in [6.45, 7) is 6.64. The number of ether oxygens (including phenoxy) is 10. The van der Waals surface area contributed by atoms with Crippen molar-refractivity contribution in [1.29, 1.82) is 0 Å². The Balaban J connectivity index is 0.797. The molecule has 430 valence electrons. The van der Waals surface area contributed by atoms with E-state index in [0.717, 1.165) is 25.7 Å². The molecule has 1 spiro atoms. The highest BCUT2D eigenvalue weighted by atomic mass is 16.8. The molecule has 31 atom stereocenters. The van der Waals surface area contributed by atoms with Gasteiger partial charge in [-0.05, 0) is 81.5 Å². The average molecular weight is 1080 g/mol. The Bertz CT molecular complexity index is 1990. The second-order valence-corrected chi connectivity index (χ2v) is 24.0. The summed E-state index contributed by atoms with van der Waals surface area (Å²) < 4.78 is 60.8. The molecule has 0 aromatic rings. The van der Waals surface area contributed by atoms with Crippen molar-refractivity contribution in [1.82, 2.24) is 0 Å². The predicted molar refractivity (Wildman–Crippen MR) is 250 cm³/mol. The van der Waals surface area contributed by atoms with Crippen molar-refractivity contribution >= 4 is 0 Å². The largest absolute Gasteiger partial charge is 0.394 e. The maximum Gasteiger partial charge on any atom is 0.187 e. The van der Waals surface area contributed by atoms with Gasteiger partial charge in [-0.2, -0.15) is 0 Å². The molecular weight excluding hydrogens is 997 g/mol. The van der Waals surface area contributed by atoms with Crippen LogP contribution in [-0.4, -0.2) is 251 Å². The highest BCUT2D eigenvalue weighted by molar-refractivity contribution is 5.29. The Morgan fingerprint density at radius 3 is 1.83 bits per heavy atom. The van der Waals surface area contributed by atoms with Gasteiger partial charge in [0, 0.05) is 23.7 Å².